The highest BCUT2D eigenvalue weighted by Gasteiger charge is 2.36. The number of amides is 2. The molecular formula is C25H25F3N6O2. The largest absolute Gasteiger partial charge is 0.421 e. The predicted octanol–water partition coefficient (Wildman–Crippen LogP) is 4.65. The van der Waals surface area contributed by atoms with Crippen molar-refractivity contribution < 1.29 is 22.8 Å². The van der Waals surface area contributed by atoms with E-state index in [9.17, 15) is 22.8 Å². The van der Waals surface area contributed by atoms with Crippen LogP contribution in [0.2, 0.25) is 0 Å². The first-order chi connectivity index (χ1) is 17.2. The quantitative estimate of drug-likeness (QED) is 0.481. The van der Waals surface area contributed by atoms with Gasteiger partial charge in [0.25, 0.3) is 0 Å². The third kappa shape index (κ3) is 6.29. The van der Waals surface area contributed by atoms with Crippen molar-refractivity contribution in [1.82, 2.24) is 14.9 Å². The second-order valence-corrected chi connectivity index (χ2v) is 8.42. The average Bonchev–Trinajstić information content (AvgIpc) is 2.79. The Labute approximate surface area is 206 Å². The molecule has 1 fully saturated rings. The van der Waals surface area contributed by atoms with Crippen molar-refractivity contribution in [2.24, 2.45) is 0 Å². The van der Waals surface area contributed by atoms with Crippen LogP contribution < -0.4 is 16.0 Å². The molecule has 11 heteroatoms. The lowest BCUT2D eigenvalue weighted by Gasteiger charge is -2.32. The molecule has 0 saturated carbocycles. The molecular weight excluding hydrogens is 473 g/mol. The molecule has 1 aliphatic carbocycles. The minimum Gasteiger partial charge on any atom is -0.350 e. The molecule has 2 amide bonds. The van der Waals surface area contributed by atoms with E-state index < -0.39 is 23.5 Å². The van der Waals surface area contributed by atoms with Crippen LogP contribution >= 0.6 is 0 Å². The summed E-state index contributed by atoms with van der Waals surface area (Å²) in [5, 5.41) is 8.42. The van der Waals surface area contributed by atoms with E-state index in [-0.39, 0.29) is 29.3 Å². The Kier molecular flexibility index (Phi) is 7.37. The number of para-hydroxylation sites is 2. The van der Waals surface area contributed by atoms with Crippen molar-refractivity contribution in [2.45, 2.75) is 32.0 Å². The Morgan fingerprint density at radius 3 is 2.61 bits per heavy atom. The fourth-order valence-electron chi connectivity index (χ4n) is 3.81. The van der Waals surface area contributed by atoms with Gasteiger partial charge in [0.2, 0.25) is 17.8 Å². The van der Waals surface area contributed by atoms with E-state index in [0.717, 1.165) is 18.4 Å². The van der Waals surface area contributed by atoms with Crippen LogP contribution in [-0.4, -0.2) is 45.8 Å². The first-order valence-electron chi connectivity index (χ1n) is 11.4. The number of piperidine rings is 1. The van der Waals surface area contributed by atoms with Gasteiger partial charge in [-0.2, -0.15) is 18.2 Å². The van der Waals surface area contributed by atoms with Crippen LogP contribution in [-0.2, 0) is 15.8 Å². The van der Waals surface area contributed by atoms with E-state index in [1.807, 2.05) is 18.2 Å². The maximum Gasteiger partial charge on any atom is 0.421 e. The van der Waals surface area contributed by atoms with Gasteiger partial charge >= 0.3 is 6.18 Å². The molecule has 1 aromatic carbocycles. The smallest absolute Gasteiger partial charge is 0.350 e. The fraction of sp³-hybridized carbons (Fsp3) is 0.280. The summed E-state index contributed by atoms with van der Waals surface area (Å²) in [5.74, 6) is -0.946. The maximum absolute atomic E-state index is 13.7. The minimum absolute atomic E-state index is 0.00665. The summed E-state index contributed by atoms with van der Waals surface area (Å²) in [6.07, 6.45) is 5.99. The van der Waals surface area contributed by atoms with E-state index in [1.54, 1.807) is 29.2 Å². The number of nitrogens with one attached hydrogen (secondary N) is 3. The van der Waals surface area contributed by atoms with E-state index in [0.29, 0.717) is 19.3 Å². The zero-order valence-electron chi connectivity index (χ0n) is 19.5. The highest BCUT2D eigenvalue weighted by atomic mass is 19.4. The number of anilines is 4. The van der Waals surface area contributed by atoms with Gasteiger partial charge in [-0.1, -0.05) is 30.4 Å². The molecule has 2 heterocycles. The molecule has 0 unspecified atom stereocenters. The van der Waals surface area contributed by atoms with E-state index in [2.05, 4.69) is 25.9 Å². The van der Waals surface area contributed by atoms with Gasteiger partial charge in [0.15, 0.2) is 0 Å². The molecule has 2 aliphatic rings. The number of hydrogen-bond acceptors (Lipinski definition) is 6. The van der Waals surface area contributed by atoms with Gasteiger partial charge in [0.1, 0.15) is 11.4 Å². The van der Waals surface area contributed by atoms with Gasteiger partial charge in [-0.25, -0.2) is 4.98 Å². The van der Waals surface area contributed by atoms with Gasteiger partial charge in [-0.3, -0.25) is 9.59 Å². The van der Waals surface area contributed by atoms with Crippen molar-refractivity contribution in [3.8, 4) is 0 Å². The highest BCUT2D eigenvalue weighted by molar-refractivity contribution is 6.02. The average molecular weight is 499 g/mol. The summed E-state index contributed by atoms with van der Waals surface area (Å²) in [5.41, 5.74) is 0.358. The topological polar surface area (TPSA) is 99.3 Å². The van der Waals surface area contributed by atoms with Gasteiger partial charge in [-0.15, -0.1) is 0 Å². The first-order valence-corrected chi connectivity index (χ1v) is 11.4. The number of likely N-dealkylation sites (tertiary alicyclic amines) is 1. The minimum atomic E-state index is -4.71. The van der Waals surface area contributed by atoms with Crippen LogP contribution in [0, 0.1) is 0 Å². The van der Waals surface area contributed by atoms with E-state index in [4.69, 9.17) is 0 Å². The number of allylic oxidation sites excluding steroid dienone is 5. The highest BCUT2D eigenvalue weighted by Crippen LogP contribution is 2.36. The molecule has 4 rings (SSSR count). The molecule has 1 aliphatic heterocycles. The molecule has 1 atom stereocenters. The maximum atomic E-state index is 13.7. The molecule has 1 aromatic heterocycles. The summed E-state index contributed by atoms with van der Waals surface area (Å²) in [4.78, 5) is 33.7. The summed E-state index contributed by atoms with van der Waals surface area (Å²) in [6, 6.07) is 6.21. The molecule has 0 spiro atoms. The zero-order valence-corrected chi connectivity index (χ0v) is 19.5. The lowest BCUT2D eigenvalue weighted by Crippen LogP contribution is -2.44. The number of carbonyl (C=O) groups is 2. The van der Waals surface area contributed by atoms with Crippen LogP contribution in [0.3, 0.4) is 0 Å². The zero-order chi connectivity index (χ0) is 25.7. The summed E-state index contributed by atoms with van der Waals surface area (Å²) < 4.78 is 41.2. The van der Waals surface area contributed by atoms with Gasteiger partial charge in [0.05, 0.1) is 11.4 Å². The number of hydrogen-bond donors (Lipinski definition) is 3. The molecule has 0 bridgehead atoms. The van der Waals surface area contributed by atoms with Gasteiger partial charge in [0, 0.05) is 38.3 Å². The predicted molar refractivity (Wildman–Crippen MR) is 131 cm³/mol. The molecule has 1 saturated heterocycles. The number of rotatable bonds is 7. The number of benzene rings is 1. The van der Waals surface area contributed by atoms with Crippen molar-refractivity contribution in [3.63, 3.8) is 0 Å². The van der Waals surface area contributed by atoms with Crippen molar-refractivity contribution >= 4 is 35.0 Å². The number of alkyl halides is 3. The summed E-state index contributed by atoms with van der Waals surface area (Å²) in [7, 11) is 0. The Bertz CT molecular complexity index is 1240. The van der Waals surface area contributed by atoms with E-state index in [1.165, 1.54) is 19.1 Å². The molecule has 3 N–H and O–H groups in total. The van der Waals surface area contributed by atoms with Crippen molar-refractivity contribution in [1.29, 1.82) is 0 Å². The molecule has 188 valence electrons. The monoisotopic (exact) mass is 498 g/mol. The number of nitrogens with zero attached hydrogens (tertiary/aromatic N) is 3. The third-order valence-electron chi connectivity index (χ3n) is 5.74. The lowest BCUT2D eigenvalue weighted by molar-refractivity contribution is -0.137. The van der Waals surface area contributed by atoms with Crippen molar-refractivity contribution in [3.05, 3.63) is 72.0 Å². The van der Waals surface area contributed by atoms with Crippen LogP contribution in [0.15, 0.2) is 66.4 Å². The molecule has 8 nitrogen and oxygen atoms in total. The molecule has 36 heavy (non-hydrogen) atoms. The standard InChI is InChI=1S/C25H25F3N6O2/c1-16(35)34-13-5-8-18(15-34)30-24-29-14-19(25(26,27)28)23(33-24)32-21-10-3-2-9-20(21)31-22(36)12-11-17-6-4-7-17/h2-4,6-7,9-12,14,18H,5,8,13,15H2,1H3,(H,31,36)(H2,29,30,32,33)/b12-11+/t18-/m0/s1. The number of aromatic nitrogens is 2. The third-order valence-corrected chi connectivity index (χ3v) is 5.74. The second kappa shape index (κ2) is 10.6. The van der Waals surface area contributed by atoms with Gasteiger partial charge in [-0.05, 0) is 36.6 Å². The van der Waals surface area contributed by atoms with E-state index >= 15 is 0 Å². The fourth-order valence-corrected chi connectivity index (χ4v) is 3.81. The number of carbonyl (C=O) groups excluding carboxylic acids is 2. The normalized spacial score (nSPS) is 17.4. The van der Waals surface area contributed by atoms with Crippen molar-refractivity contribution in [2.75, 3.05) is 29.0 Å². The Morgan fingerprint density at radius 1 is 1.19 bits per heavy atom. The van der Waals surface area contributed by atoms with Gasteiger partial charge < -0.3 is 20.9 Å². The SMILES string of the molecule is CC(=O)N1CCC[C@H](Nc2ncc(C(F)(F)F)c(Nc3ccccc3NC(=O)/C=C/C3=CC=C3)n2)C1. The van der Waals surface area contributed by atoms with Crippen LogP contribution in [0.5, 0.6) is 0 Å². The first kappa shape index (κ1) is 25.0. The van der Waals surface area contributed by atoms with Crippen LogP contribution in [0.25, 0.3) is 0 Å². The lowest BCUT2D eigenvalue weighted by atomic mass is 10.1. The Balaban J connectivity index is 1.55. The summed E-state index contributed by atoms with van der Waals surface area (Å²) >= 11 is 0. The Morgan fingerprint density at radius 2 is 1.94 bits per heavy atom. The van der Waals surface area contributed by atoms with Crippen LogP contribution in [0.4, 0.5) is 36.3 Å². The van der Waals surface area contributed by atoms with Crippen LogP contribution in [0.1, 0.15) is 25.3 Å². The molecule has 0 radical (unpaired) electrons. The molecule has 2 aromatic rings. The second-order valence-electron chi connectivity index (χ2n) is 8.42. The summed E-state index contributed by atoms with van der Waals surface area (Å²) in [6.45, 7) is 2.53. The number of halogens is 3. The Hall–Kier alpha value is -4.15.